The largest absolute Gasteiger partial charge is 0.394 e. The molecule has 3 atom stereocenters. The van der Waals surface area contributed by atoms with Crippen LogP contribution >= 0.6 is 0 Å². The Bertz CT molecular complexity index is 359. The van der Waals surface area contributed by atoms with E-state index >= 15 is 0 Å². The number of aliphatic hydroxyl groups is 1. The average molecular weight is 268 g/mol. The normalized spacial score (nSPS) is 31.6. The topological polar surface area (TPSA) is 60.9 Å². The summed E-state index contributed by atoms with van der Waals surface area (Å²) in [7, 11) is 0. The number of aliphatic hydroxyl groups excluding tert-OH is 1. The third-order valence-corrected chi connectivity index (χ3v) is 4.57. The predicted octanol–water partition coefficient (Wildman–Crippen LogP) is 0.474. The lowest BCUT2D eigenvalue weighted by Crippen LogP contribution is -2.48. The summed E-state index contributed by atoms with van der Waals surface area (Å²) in [5, 5.41) is 9.44. The molecule has 0 aromatic rings. The summed E-state index contributed by atoms with van der Waals surface area (Å²) in [6.45, 7) is 5.71. The zero-order valence-corrected chi connectivity index (χ0v) is 11.8. The first-order valence-electron chi connectivity index (χ1n) is 7.21. The molecule has 108 valence electrons. The molecule has 0 radical (unpaired) electrons. The van der Waals surface area contributed by atoms with Crippen LogP contribution in [0.1, 0.15) is 33.1 Å². The van der Waals surface area contributed by atoms with Gasteiger partial charge in [-0.25, -0.2) is 0 Å². The Morgan fingerprint density at radius 1 is 1.26 bits per heavy atom. The van der Waals surface area contributed by atoms with E-state index in [1.54, 1.807) is 11.8 Å². The van der Waals surface area contributed by atoms with E-state index in [9.17, 15) is 14.7 Å². The van der Waals surface area contributed by atoms with E-state index in [4.69, 9.17) is 0 Å². The highest BCUT2D eigenvalue weighted by molar-refractivity contribution is 5.81. The summed E-state index contributed by atoms with van der Waals surface area (Å²) >= 11 is 0. The molecule has 2 fully saturated rings. The van der Waals surface area contributed by atoms with Crippen molar-refractivity contribution in [3.63, 3.8) is 0 Å². The third kappa shape index (κ3) is 2.91. The quantitative estimate of drug-likeness (QED) is 0.792. The van der Waals surface area contributed by atoms with Crippen molar-refractivity contribution in [2.24, 2.45) is 11.8 Å². The third-order valence-electron chi connectivity index (χ3n) is 4.57. The molecule has 19 heavy (non-hydrogen) atoms. The molecule has 3 unspecified atom stereocenters. The summed E-state index contributed by atoms with van der Waals surface area (Å²) in [4.78, 5) is 27.6. The van der Waals surface area contributed by atoms with Crippen LogP contribution in [0, 0.1) is 11.8 Å². The van der Waals surface area contributed by atoms with Gasteiger partial charge in [-0.05, 0) is 25.2 Å². The fraction of sp³-hybridized carbons (Fsp3) is 0.857. The van der Waals surface area contributed by atoms with Crippen LogP contribution in [0.15, 0.2) is 0 Å². The molecule has 0 aromatic heterocycles. The molecule has 2 rings (SSSR count). The maximum atomic E-state index is 12.6. The predicted molar refractivity (Wildman–Crippen MR) is 71.3 cm³/mol. The van der Waals surface area contributed by atoms with Gasteiger partial charge in [-0.15, -0.1) is 0 Å². The minimum atomic E-state index is -0.0861. The van der Waals surface area contributed by atoms with Crippen molar-refractivity contribution < 1.29 is 14.7 Å². The van der Waals surface area contributed by atoms with Crippen molar-refractivity contribution in [3.8, 4) is 0 Å². The summed E-state index contributed by atoms with van der Waals surface area (Å²) in [6, 6.07) is -0.0415. The SMILES string of the molecule is CC(=O)N1CCCC(C(=O)N2CCC(C)C2CO)C1. The van der Waals surface area contributed by atoms with Crippen LogP contribution in [0.2, 0.25) is 0 Å². The zero-order chi connectivity index (χ0) is 14.0. The highest BCUT2D eigenvalue weighted by atomic mass is 16.3. The molecular formula is C14H24N2O3. The Labute approximate surface area is 114 Å². The minimum absolute atomic E-state index is 0.0377. The van der Waals surface area contributed by atoms with Gasteiger partial charge in [0.15, 0.2) is 0 Å². The van der Waals surface area contributed by atoms with Crippen LogP contribution in [0.5, 0.6) is 0 Å². The molecule has 0 bridgehead atoms. The number of carbonyl (C=O) groups excluding carboxylic acids is 2. The standard InChI is InChI=1S/C14H24N2O3/c1-10-5-7-16(13(10)9-17)14(19)12-4-3-6-15(8-12)11(2)18/h10,12-13,17H,3-9H2,1-2H3. The van der Waals surface area contributed by atoms with Crippen molar-refractivity contribution in [1.29, 1.82) is 0 Å². The van der Waals surface area contributed by atoms with Crippen molar-refractivity contribution in [1.82, 2.24) is 9.80 Å². The van der Waals surface area contributed by atoms with Gasteiger partial charge < -0.3 is 14.9 Å². The summed E-state index contributed by atoms with van der Waals surface area (Å²) in [5.74, 6) is 0.443. The molecule has 1 N–H and O–H groups in total. The van der Waals surface area contributed by atoms with E-state index in [-0.39, 0.29) is 30.4 Å². The number of likely N-dealkylation sites (tertiary alicyclic amines) is 2. The second kappa shape index (κ2) is 5.90. The van der Waals surface area contributed by atoms with Gasteiger partial charge in [0.25, 0.3) is 0 Å². The van der Waals surface area contributed by atoms with Crippen LogP contribution < -0.4 is 0 Å². The molecule has 2 aliphatic heterocycles. The van der Waals surface area contributed by atoms with Gasteiger partial charge in [0.2, 0.25) is 11.8 Å². The second-order valence-electron chi connectivity index (χ2n) is 5.85. The number of hydrogen-bond donors (Lipinski definition) is 1. The summed E-state index contributed by atoms with van der Waals surface area (Å²) < 4.78 is 0. The molecule has 5 nitrogen and oxygen atoms in total. The number of piperidine rings is 1. The molecule has 2 amide bonds. The van der Waals surface area contributed by atoms with Crippen molar-refractivity contribution >= 4 is 11.8 Å². The summed E-state index contributed by atoms with van der Waals surface area (Å²) in [6.07, 6.45) is 2.70. The van der Waals surface area contributed by atoms with Crippen molar-refractivity contribution in [2.75, 3.05) is 26.2 Å². The van der Waals surface area contributed by atoms with Gasteiger partial charge in [-0.2, -0.15) is 0 Å². The lowest BCUT2D eigenvalue weighted by atomic mass is 9.95. The molecule has 2 aliphatic rings. The minimum Gasteiger partial charge on any atom is -0.394 e. The van der Waals surface area contributed by atoms with Crippen LogP contribution in [0.3, 0.4) is 0 Å². The van der Waals surface area contributed by atoms with Crippen LogP contribution in [-0.4, -0.2) is 59.0 Å². The monoisotopic (exact) mass is 268 g/mol. The molecule has 0 aromatic carbocycles. The van der Waals surface area contributed by atoms with Gasteiger partial charge in [-0.1, -0.05) is 6.92 Å². The number of rotatable bonds is 2. The Balaban J connectivity index is 2.01. The van der Waals surface area contributed by atoms with E-state index in [0.29, 0.717) is 12.5 Å². The second-order valence-corrected chi connectivity index (χ2v) is 5.85. The Hall–Kier alpha value is -1.10. The van der Waals surface area contributed by atoms with Crippen LogP contribution in [-0.2, 0) is 9.59 Å². The van der Waals surface area contributed by atoms with Gasteiger partial charge in [-0.3, -0.25) is 9.59 Å². The number of hydrogen-bond acceptors (Lipinski definition) is 3. The van der Waals surface area contributed by atoms with E-state index in [2.05, 4.69) is 6.92 Å². The summed E-state index contributed by atoms with van der Waals surface area (Å²) in [5.41, 5.74) is 0. The highest BCUT2D eigenvalue weighted by Crippen LogP contribution is 2.27. The fourth-order valence-electron chi connectivity index (χ4n) is 3.26. The van der Waals surface area contributed by atoms with Crippen molar-refractivity contribution in [2.45, 2.75) is 39.2 Å². The van der Waals surface area contributed by atoms with Crippen LogP contribution in [0.4, 0.5) is 0 Å². The molecular weight excluding hydrogens is 244 g/mol. The van der Waals surface area contributed by atoms with Gasteiger partial charge >= 0.3 is 0 Å². The Morgan fingerprint density at radius 2 is 2.00 bits per heavy atom. The average Bonchev–Trinajstić information content (AvgIpc) is 2.79. The molecule has 2 heterocycles. The first kappa shape index (κ1) is 14.3. The first-order chi connectivity index (χ1) is 9.04. The maximum absolute atomic E-state index is 12.6. The molecule has 5 heteroatoms. The van der Waals surface area contributed by atoms with E-state index in [1.165, 1.54) is 0 Å². The first-order valence-corrected chi connectivity index (χ1v) is 7.21. The molecule has 0 saturated carbocycles. The lowest BCUT2D eigenvalue weighted by Gasteiger charge is -2.35. The Morgan fingerprint density at radius 3 is 2.63 bits per heavy atom. The maximum Gasteiger partial charge on any atom is 0.227 e. The lowest BCUT2D eigenvalue weighted by molar-refractivity contribution is -0.141. The van der Waals surface area contributed by atoms with Gasteiger partial charge in [0.1, 0.15) is 0 Å². The number of carbonyl (C=O) groups is 2. The molecule has 0 aliphatic carbocycles. The highest BCUT2D eigenvalue weighted by Gasteiger charge is 2.38. The zero-order valence-electron chi connectivity index (χ0n) is 11.8. The van der Waals surface area contributed by atoms with Gasteiger partial charge in [0.05, 0.1) is 18.6 Å². The molecule has 2 saturated heterocycles. The smallest absolute Gasteiger partial charge is 0.227 e. The number of nitrogens with zero attached hydrogens (tertiary/aromatic N) is 2. The van der Waals surface area contributed by atoms with Gasteiger partial charge in [0, 0.05) is 26.6 Å². The van der Waals surface area contributed by atoms with E-state index in [1.807, 2.05) is 4.90 Å². The molecule has 0 spiro atoms. The fourth-order valence-corrected chi connectivity index (χ4v) is 3.26. The number of amides is 2. The van der Waals surface area contributed by atoms with E-state index in [0.717, 1.165) is 32.4 Å². The van der Waals surface area contributed by atoms with E-state index < -0.39 is 0 Å². The Kier molecular flexibility index (Phi) is 4.45. The van der Waals surface area contributed by atoms with Crippen LogP contribution in [0.25, 0.3) is 0 Å². The van der Waals surface area contributed by atoms with Crippen molar-refractivity contribution in [3.05, 3.63) is 0 Å².